The third-order valence-corrected chi connectivity index (χ3v) is 4.74. The van der Waals surface area contributed by atoms with Crippen LogP contribution in [0.4, 0.5) is 0 Å². The fourth-order valence-corrected chi connectivity index (χ4v) is 3.30. The van der Waals surface area contributed by atoms with Crippen LogP contribution in [0.1, 0.15) is 51.0 Å². The van der Waals surface area contributed by atoms with Gasteiger partial charge in [0.25, 0.3) is 0 Å². The number of aryl methyl sites for hydroxylation is 1. The van der Waals surface area contributed by atoms with E-state index in [2.05, 4.69) is 41.1 Å². The van der Waals surface area contributed by atoms with Crippen LogP contribution in [0.5, 0.6) is 11.5 Å². The summed E-state index contributed by atoms with van der Waals surface area (Å²) in [7, 11) is 0. The van der Waals surface area contributed by atoms with Crippen molar-refractivity contribution in [2.24, 2.45) is 0 Å². The van der Waals surface area contributed by atoms with E-state index in [0.717, 1.165) is 40.6 Å². The Balaban J connectivity index is 1.92. The maximum absolute atomic E-state index is 6.07. The van der Waals surface area contributed by atoms with Crippen LogP contribution in [0.25, 0.3) is 10.8 Å². The number of halogens is 1. The molecule has 0 aliphatic rings. The number of fused-ring (bicyclic) bond motifs is 1. The minimum absolute atomic E-state index is 0.679. The van der Waals surface area contributed by atoms with Gasteiger partial charge in [-0.15, -0.1) is 0 Å². The maximum atomic E-state index is 6.07. The Hall–Kier alpha value is -1.22. The molecule has 0 amide bonds. The molecule has 0 atom stereocenters. The van der Waals surface area contributed by atoms with Gasteiger partial charge in [0.1, 0.15) is 11.5 Å². The third-order valence-electron chi connectivity index (χ3n) is 4.18. The summed E-state index contributed by atoms with van der Waals surface area (Å²) in [6.45, 7) is 5.60. The van der Waals surface area contributed by atoms with Gasteiger partial charge in [0, 0.05) is 16.1 Å². The molecule has 0 unspecified atom stereocenters. The summed E-state index contributed by atoms with van der Waals surface area (Å²) in [5.74, 6) is 1.91. The number of alkyl halides is 1. The van der Waals surface area contributed by atoms with Gasteiger partial charge in [-0.05, 0) is 44.9 Å². The molecule has 0 radical (unpaired) electrons. The normalized spacial score (nSPS) is 11.0. The lowest BCUT2D eigenvalue weighted by Gasteiger charge is -2.13. The second-order valence-electron chi connectivity index (χ2n) is 6.20. The van der Waals surface area contributed by atoms with Gasteiger partial charge in [-0.25, -0.2) is 0 Å². The second-order valence-corrected chi connectivity index (χ2v) is 7.00. The van der Waals surface area contributed by atoms with E-state index in [0.29, 0.717) is 6.61 Å². The minimum atomic E-state index is 0.679. The SMILES string of the molecule is CCOc1ccc(OCCCCCCCCBr)c2cc(C)ccc12. The summed E-state index contributed by atoms with van der Waals surface area (Å²) >= 11 is 3.48. The molecule has 0 N–H and O–H groups in total. The first kappa shape index (κ1) is 19.1. The highest BCUT2D eigenvalue weighted by Gasteiger charge is 2.08. The van der Waals surface area contributed by atoms with Gasteiger partial charge >= 0.3 is 0 Å². The van der Waals surface area contributed by atoms with Gasteiger partial charge in [0.15, 0.2) is 0 Å². The molecule has 0 spiro atoms. The fourth-order valence-electron chi connectivity index (χ4n) is 2.90. The Labute approximate surface area is 154 Å². The van der Waals surface area contributed by atoms with E-state index in [1.165, 1.54) is 37.7 Å². The topological polar surface area (TPSA) is 18.5 Å². The van der Waals surface area contributed by atoms with Crippen molar-refractivity contribution in [3.05, 3.63) is 35.9 Å². The highest BCUT2D eigenvalue weighted by atomic mass is 79.9. The molecule has 2 aromatic rings. The van der Waals surface area contributed by atoms with E-state index in [4.69, 9.17) is 9.47 Å². The van der Waals surface area contributed by atoms with E-state index >= 15 is 0 Å². The molecule has 3 heteroatoms. The van der Waals surface area contributed by atoms with Crippen molar-refractivity contribution < 1.29 is 9.47 Å². The molecule has 0 bridgehead atoms. The van der Waals surface area contributed by atoms with E-state index < -0.39 is 0 Å². The molecule has 24 heavy (non-hydrogen) atoms. The van der Waals surface area contributed by atoms with Crippen LogP contribution in [0.15, 0.2) is 30.3 Å². The van der Waals surface area contributed by atoms with Gasteiger partial charge in [-0.1, -0.05) is 59.3 Å². The number of unbranched alkanes of at least 4 members (excludes halogenated alkanes) is 5. The average molecular weight is 393 g/mol. The van der Waals surface area contributed by atoms with Crippen LogP contribution < -0.4 is 9.47 Å². The first-order valence-corrected chi connectivity index (χ1v) is 10.2. The summed E-state index contributed by atoms with van der Waals surface area (Å²) in [5, 5.41) is 3.41. The molecule has 0 aromatic heterocycles. The largest absolute Gasteiger partial charge is 0.493 e. The molecule has 0 aliphatic carbocycles. The number of hydrogen-bond acceptors (Lipinski definition) is 2. The highest BCUT2D eigenvalue weighted by molar-refractivity contribution is 9.09. The average Bonchev–Trinajstić information content (AvgIpc) is 2.59. The number of ether oxygens (including phenoxy) is 2. The van der Waals surface area contributed by atoms with Crippen LogP contribution in [-0.2, 0) is 0 Å². The van der Waals surface area contributed by atoms with Crippen molar-refractivity contribution in [3.8, 4) is 11.5 Å². The lowest BCUT2D eigenvalue weighted by Crippen LogP contribution is -1.99. The van der Waals surface area contributed by atoms with Crippen LogP contribution in [0.2, 0.25) is 0 Å². The molecule has 2 rings (SSSR count). The third kappa shape index (κ3) is 5.70. The minimum Gasteiger partial charge on any atom is -0.493 e. The van der Waals surface area contributed by atoms with Crippen molar-refractivity contribution in [1.82, 2.24) is 0 Å². The van der Waals surface area contributed by atoms with Crippen LogP contribution >= 0.6 is 15.9 Å². The summed E-state index contributed by atoms with van der Waals surface area (Å²) < 4.78 is 11.8. The first-order valence-electron chi connectivity index (χ1n) is 9.11. The van der Waals surface area contributed by atoms with Gasteiger partial charge in [-0.3, -0.25) is 0 Å². The zero-order valence-electron chi connectivity index (χ0n) is 14.9. The quantitative estimate of drug-likeness (QED) is 0.314. The Morgan fingerprint density at radius 3 is 2.17 bits per heavy atom. The van der Waals surface area contributed by atoms with Crippen LogP contribution in [0.3, 0.4) is 0 Å². The highest BCUT2D eigenvalue weighted by Crippen LogP contribution is 2.34. The van der Waals surface area contributed by atoms with Crippen molar-refractivity contribution in [3.63, 3.8) is 0 Å². The standard InChI is InChI=1S/C21H29BrO2/c1-3-23-20-12-13-21(19-16-17(2)10-11-18(19)20)24-15-9-7-5-4-6-8-14-22/h10-13,16H,3-9,14-15H2,1-2H3. The fraction of sp³-hybridized carbons (Fsp3) is 0.524. The van der Waals surface area contributed by atoms with Gasteiger partial charge in [0.05, 0.1) is 13.2 Å². The predicted octanol–water partition coefficient (Wildman–Crippen LogP) is 6.66. The molecule has 0 saturated heterocycles. The van der Waals surface area contributed by atoms with Gasteiger partial charge in [-0.2, -0.15) is 0 Å². The zero-order valence-corrected chi connectivity index (χ0v) is 16.5. The number of benzene rings is 2. The molecule has 0 heterocycles. The maximum Gasteiger partial charge on any atom is 0.127 e. The molecule has 132 valence electrons. The first-order chi connectivity index (χ1) is 11.8. The van der Waals surface area contributed by atoms with Crippen molar-refractivity contribution in [2.45, 2.75) is 52.4 Å². The summed E-state index contributed by atoms with van der Waals surface area (Å²) in [6, 6.07) is 10.5. The van der Waals surface area contributed by atoms with E-state index in [1.54, 1.807) is 0 Å². The van der Waals surface area contributed by atoms with E-state index in [-0.39, 0.29) is 0 Å². The lowest BCUT2D eigenvalue weighted by molar-refractivity contribution is 0.306. The molecule has 2 aromatic carbocycles. The molecule has 0 saturated carbocycles. The molecule has 2 nitrogen and oxygen atoms in total. The van der Waals surface area contributed by atoms with Gasteiger partial charge < -0.3 is 9.47 Å². The molecule has 0 fully saturated rings. The zero-order chi connectivity index (χ0) is 17.2. The summed E-state index contributed by atoms with van der Waals surface area (Å²) in [4.78, 5) is 0. The second kappa shape index (κ2) is 10.6. The Morgan fingerprint density at radius 1 is 0.792 bits per heavy atom. The van der Waals surface area contributed by atoms with E-state index in [1.807, 2.05) is 19.1 Å². The monoisotopic (exact) mass is 392 g/mol. The van der Waals surface area contributed by atoms with E-state index in [9.17, 15) is 0 Å². The molecular weight excluding hydrogens is 364 g/mol. The number of rotatable bonds is 11. The van der Waals surface area contributed by atoms with Crippen molar-refractivity contribution in [2.75, 3.05) is 18.5 Å². The summed E-state index contributed by atoms with van der Waals surface area (Å²) in [5.41, 5.74) is 1.24. The van der Waals surface area contributed by atoms with Crippen LogP contribution in [0, 0.1) is 6.92 Å². The van der Waals surface area contributed by atoms with Crippen molar-refractivity contribution >= 4 is 26.7 Å². The lowest BCUT2D eigenvalue weighted by atomic mass is 10.1. The Kier molecular flexibility index (Phi) is 8.44. The Morgan fingerprint density at radius 2 is 1.46 bits per heavy atom. The molecular formula is C21H29BrO2. The Bertz CT molecular complexity index is 625. The summed E-state index contributed by atoms with van der Waals surface area (Å²) in [6.07, 6.45) is 7.62. The molecule has 0 aliphatic heterocycles. The smallest absolute Gasteiger partial charge is 0.127 e. The predicted molar refractivity (Wildman–Crippen MR) is 107 cm³/mol. The number of hydrogen-bond donors (Lipinski definition) is 0. The van der Waals surface area contributed by atoms with Gasteiger partial charge in [0.2, 0.25) is 0 Å². The van der Waals surface area contributed by atoms with Crippen molar-refractivity contribution in [1.29, 1.82) is 0 Å². The van der Waals surface area contributed by atoms with Crippen LogP contribution in [-0.4, -0.2) is 18.5 Å².